The molecule has 0 radical (unpaired) electrons. The van der Waals surface area contributed by atoms with Crippen molar-refractivity contribution in [2.75, 3.05) is 26.8 Å². The number of nitrogens with zero attached hydrogens (tertiary/aromatic N) is 3. The lowest BCUT2D eigenvalue weighted by Crippen LogP contribution is -2.46. The number of ether oxygens (including phenoxy) is 2. The summed E-state index contributed by atoms with van der Waals surface area (Å²) < 4.78 is 67.5. The summed E-state index contributed by atoms with van der Waals surface area (Å²) in [7, 11) is -2.37. The Morgan fingerprint density at radius 2 is 1.84 bits per heavy atom. The number of rotatable bonds is 9. The summed E-state index contributed by atoms with van der Waals surface area (Å²) in [6, 6.07) is 1.10. The maximum atomic E-state index is 14.6. The van der Waals surface area contributed by atoms with E-state index in [0.717, 1.165) is 6.07 Å². The van der Waals surface area contributed by atoms with Gasteiger partial charge in [-0.2, -0.15) is 0 Å². The Balaban J connectivity index is 1.38. The Labute approximate surface area is 269 Å². The summed E-state index contributed by atoms with van der Waals surface area (Å²) in [6.07, 6.45) is 4.94. The first-order valence-corrected chi connectivity index (χ1v) is 17.7. The van der Waals surface area contributed by atoms with E-state index in [9.17, 15) is 26.8 Å². The number of hydrogen-bond donors (Lipinski definition) is 1. The SMILES string of the molecule is CCOC(=O)CC1CCC(S(=O)(=O)N2CCC(C3=C(C(=O)OC)C(c4ccc(F)c(F)c4Cl)N=C(c4nccs4)N3)CC2)CC1. The maximum absolute atomic E-state index is 14.6. The molecule has 0 spiro atoms. The molecule has 10 nitrogen and oxygen atoms in total. The van der Waals surface area contributed by atoms with Crippen LogP contribution in [0, 0.1) is 23.5 Å². The first kappa shape index (κ1) is 33.4. The summed E-state index contributed by atoms with van der Waals surface area (Å²) >= 11 is 7.56. The lowest BCUT2D eigenvalue weighted by molar-refractivity contribution is -0.144. The summed E-state index contributed by atoms with van der Waals surface area (Å²) in [5.41, 5.74) is 0.638. The van der Waals surface area contributed by atoms with Gasteiger partial charge in [0.1, 0.15) is 6.04 Å². The van der Waals surface area contributed by atoms with Gasteiger partial charge in [-0.3, -0.25) is 9.79 Å². The number of carbonyl (C=O) groups is 2. The van der Waals surface area contributed by atoms with Crippen molar-refractivity contribution < 1.29 is 36.3 Å². The van der Waals surface area contributed by atoms with E-state index in [1.54, 1.807) is 18.5 Å². The molecule has 2 aliphatic heterocycles. The van der Waals surface area contributed by atoms with E-state index in [-0.39, 0.29) is 42.0 Å². The van der Waals surface area contributed by atoms with Crippen LogP contribution >= 0.6 is 22.9 Å². The van der Waals surface area contributed by atoms with Gasteiger partial charge in [-0.05, 0) is 57.4 Å². The fourth-order valence-corrected chi connectivity index (χ4v) is 9.20. The second-order valence-corrected chi connectivity index (χ2v) is 14.8. The van der Waals surface area contributed by atoms with Gasteiger partial charge in [-0.15, -0.1) is 11.3 Å². The third-order valence-electron chi connectivity index (χ3n) is 8.67. The van der Waals surface area contributed by atoms with Crippen LogP contribution in [0.3, 0.4) is 0 Å². The van der Waals surface area contributed by atoms with E-state index in [0.29, 0.717) is 68.1 Å². The third kappa shape index (κ3) is 7.08. The molecule has 1 aromatic carbocycles. The molecule has 0 amide bonds. The van der Waals surface area contributed by atoms with Gasteiger partial charge in [0.25, 0.3) is 0 Å². The molecule has 15 heteroatoms. The van der Waals surface area contributed by atoms with Crippen molar-refractivity contribution in [1.29, 1.82) is 0 Å². The molecule has 1 unspecified atom stereocenters. The molecular formula is C30H35ClF2N4O6S2. The Morgan fingerprint density at radius 1 is 1.13 bits per heavy atom. The van der Waals surface area contributed by atoms with Crippen LogP contribution in [0.5, 0.6) is 0 Å². The molecule has 1 aliphatic carbocycles. The Kier molecular flexibility index (Phi) is 10.6. The summed E-state index contributed by atoms with van der Waals surface area (Å²) in [5, 5.41) is 4.49. The number of aromatic nitrogens is 1. The number of sulfonamides is 1. The summed E-state index contributed by atoms with van der Waals surface area (Å²) in [6.45, 7) is 2.55. The molecule has 2 fully saturated rings. The van der Waals surface area contributed by atoms with E-state index in [2.05, 4.69) is 15.3 Å². The minimum absolute atomic E-state index is 0.0857. The van der Waals surface area contributed by atoms with Gasteiger partial charge in [-0.25, -0.2) is 31.3 Å². The van der Waals surface area contributed by atoms with E-state index >= 15 is 0 Å². The third-order valence-corrected chi connectivity index (χ3v) is 12.2. The second kappa shape index (κ2) is 14.2. The van der Waals surface area contributed by atoms with Gasteiger partial charge in [0.2, 0.25) is 10.0 Å². The zero-order chi connectivity index (χ0) is 32.3. The van der Waals surface area contributed by atoms with Crippen LogP contribution in [0.2, 0.25) is 5.02 Å². The number of aliphatic imine (C=N–C) groups is 1. The second-order valence-electron chi connectivity index (χ2n) is 11.3. The number of methoxy groups -OCH3 is 1. The molecule has 1 atom stereocenters. The van der Waals surface area contributed by atoms with Crippen LogP contribution in [0.25, 0.3) is 0 Å². The quantitative estimate of drug-likeness (QED) is 0.284. The predicted molar refractivity (Wildman–Crippen MR) is 165 cm³/mol. The van der Waals surface area contributed by atoms with Crippen molar-refractivity contribution in [3.8, 4) is 0 Å². The number of halogens is 3. The van der Waals surface area contributed by atoms with Crippen LogP contribution in [0.4, 0.5) is 8.78 Å². The number of esters is 2. The highest BCUT2D eigenvalue weighted by molar-refractivity contribution is 7.89. The molecule has 1 saturated heterocycles. The van der Waals surface area contributed by atoms with Crippen LogP contribution < -0.4 is 5.32 Å². The molecule has 45 heavy (non-hydrogen) atoms. The number of hydrogen-bond acceptors (Lipinski definition) is 10. The van der Waals surface area contributed by atoms with Crippen molar-refractivity contribution in [1.82, 2.24) is 14.6 Å². The molecular weight excluding hydrogens is 650 g/mol. The topological polar surface area (TPSA) is 127 Å². The highest BCUT2D eigenvalue weighted by Gasteiger charge is 2.41. The highest BCUT2D eigenvalue weighted by Crippen LogP contribution is 2.41. The molecule has 3 heterocycles. The molecule has 3 aliphatic rings. The maximum Gasteiger partial charge on any atom is 0.338 e. The van der Waals surface area contributed by atoms with Crippen molar-refractivity contribution >= 4 is 50.7 Å². The Hall–Kier alpha value is -2.94. The first-order valence-electron chi connectivity index (χ1n) is 14.9. The molecule has 244 valence electrons. The monoisotopic (exact) mass is 684 g/mol. The van der Waals surface area contributed by atoms with E-state index < -0.39 is 43.9 Å². The number of thiazole rings is 1. The summed E-state index contributed by atoms with van der Waals surface area (Å²) in [4.78, 5) is 34.1. The molecule has 1 N–H and O–H groups in total. The van der Waals surface area contributed by atoms with Crippen molar-refractivity contribution in [2.45, 2.75) is 63.2 Å². The summed E-state index contributed by atoms with van der Waals surface area (Å²) in [5.74, 6) is -3.22. The van der Waals surface area contributed by atoms with Gasteiger partial charge >= 0.3 is 11.9 Å². The predicted octanol–water partition coefficient (Wildman–Crippen LogP) is 5.15. The number of carbonyl (C=O) groups excluding carboxylic acids is 2. The lowest BCUT2D eigenvalue weighted by Gasteiger charge is -2.38. The minimum Gasteiger partial charge on any atom is -0.466 e. The van der Waals surface area contributed by atoms with Crippen molar-refractivity contribution in [2.24, 2.45) is 16.8 Å². The fourth-order valence-electron chi connectivity index (χ4n) is 6.35. The van der Waals surface area contributed by atoms with Crippen LogP contribution in [-0.4, -0.2) is 67.5 Å². The standard InChI is InChI=1S/C30H35ClF2N4O6S2/c1-3-43-22(38)16-17-4-6-19(7-5-17)45(40,41)37-13-10-18(11-14-37)26-23(30(39)42-2)27(20-8-9-21(32)25(33)24(20)31)36-28(35-26)29-34-12-15-44-29/h8-9,12,15,17-19,27H,3-7,10-11,13-14,16H2,1-2H3,(H,35,36). The van der Waals surface area contributed by atoms with Gasteiger partial charge in [-0.1, -0.05) is 17.7 Å². The van der Waals surface area contributed by atoms with Crippen LogP contribution in [-0.2, 0) is 29.1 Å². The van der Waals surface area contributed by atoms with E-state index in [1.165, 1.54) is 28.8 Å². The number of nitrogens with one attached hydrogen (secondary N) is 1. The molecule has 2 aromatic rings. The Morgan fingerprint density at radius 3 is 2.47 bits per heavy atom. The Bertz CT molecular complexity index is 1590. The number of benzene rings is 1. The van der Waals surface area contributed by atoms with Gasteiger partial charge in [0.15, 0.2) is 22.5 Å². The number of amidine groups is 1. The van der Waals surface area contributed by atoms with Crippen molar-refractivity contribution in [3.63, 3.8) is 0 Å². The van der Waals surface area contributed by atoms with Gasteiger partial charge < -0.3 is 14.8 Å². The van der Waals surface area contributed by atoms with Gasteiger partial charge in [0.05, 0.1) is 29.6 Å². The van der Waals surface area contributed by atoms with Crippen LogP contribution in [0.15, 0.2) is 40.0 Å². The largest absolute Gasteiger partial charge is 0.466 e. The minimum atomic E-state index is -3.59. The molecule has 1 saturated carbocycles. The normalized spacial score (nSPS) is 23.3. The molecule has 5 rings (SSSR count). The first-order chi connectivity index (χ1) is 21.5. The molecule has 0 bridgehead atoms. The smallest absolute Gasteiger partial charge is 0.338 e. The van der Waals surface area contributed by atoms with Gasteiger partial charge in [0, 0.05) is 48.3 Å². The van der Waals surface area contributed by atoms with Crippen LogP contribution in [0.1, 0.15) is 68.5 Å². The van der Waals surface area contributed by atoms with E-state index in [1.807, 2.05) is 0 Å². The zero-order valence-electron chi connectivity index (χ0n) is 24.9. The lowest BCUT2D eigenvalue weighted by atomic mass is 9.86. The van der Waals surface area contributed by atoms with Crippen molar-refractivity contribution in [3.05, 3.63) is 62.2 Å². The zero-order valence-corrected chi connectivity index (χ0v) is 27.3. The highest BCUT2D eigenvalue weighted by atomic mass is 35.5. The number of allylic oxidation sites excluding steroid dienone is 1. The average molecular weight is 685 g/mol. The molecule has 1 aromatic heterocycles. The van der Waals surface area contributed by atoms with E-state index in [4.69, 9.17) is 21.1 Å². The average Bonchev–Trinajstić information content (AvgIpc) is 3.59. The fraction of sp³-hybridized carbons (Fsp3) is 0.533. The number of piperidine rings is 1.